The number of pyridine rings is 1. The molecular weight excluding hydrogens is 450 g/mol. The summed E-state index contributed by atoms with van der Waals surface area (Å²) in [5.74, 6) is 0.509. The van der Waals surface area contributed by atoms with Crippen molar-refractivity contribution in [3.05, 3.63) is 127 Å². The minimum Gasteiger partial charge on any atom is -0.402 e. The van der Waals surface area contributed by atoms with Crippen molar-refractivity contribution in [2.45, 2.75) is 20.3 Å². The number of allylic oxidation sites excluding steroid dienone is 10. The Morgan fingerprint density at radius 1 is 1.11 bits per heavy atom. The fourth-order valence-electron chi connectivity index (χ4n) is 2.94. The number of aromatic amines is 1. The van der Waals surface area contributed by atoms with E-state index in [1.165, 1.54) is 6.92 Å². The van der Waals surface area contributed by atoms with Crippen LogP contribution in [0, 0.1) is 0 Å². The Balaban J connectivity index is 0.000000493. The molecule has 0 fully saturated rings. The molecule has 7 heteroatoms. The van der Waals surface area contributed by atoms with Gasteiger partial charge in [-0.15, -0.1) is 0 Å². The van der Waals surface area contributed by atoms with Crippen molar-refractivity contribution in [3.8, 4) is 0 Å². The molecule has 0 aliphatic heterocycles. The maximum atomic E-state index is 12.4. The van der Waals surface area contributed by atoms with Crippen molar-refractivity contribution < 1.29 is 9.59 Å². The Kier molecular flexibility index (Phi) is 11.0. The standard InChI is InChI=1S/C22H20N4O2.C7H11N/c1-3-6-16(15(2)27)7-4-9-21-25-19-11-10-17(13-20(19)26-21)22(28)24-18-8-5-12-23-14-18;1-3-4-5-6-7(2)8/h3-8,10-14H,1,9H2,2H3,(H,24,28)(H,25,26);3-6H,1,8H2,2H3/b7-4-,16-6+;5-4-,7-6-. The first-order valence-electron chi connectivity index (χ1n) is 11.3. The van der Waals surface area contributed by atoms with Gasteiger partial charge in [-0.2, -0.15) is 0 Å². The van der Waals surface area contributed by atoms with E-state index in [4.69, 9.17) is 5.73 Å². The van der Waals surface area contributed by atoms with E-state index < -0.39 is 0 Å². The van der Waals surface area contributed by atoms with Gasteiger partial charge in [0.25, 0.3) is 5.91 Å². The molecule has 36 heavy (non-hydrogen) atoms. The summed E-state index contributed by atoms with van der Waals surface area (Å²) in [7, 11) is 0. The zero-order chi connectivity index (χ0) is 26.3. The summed E-state index contributed by atoms with van der Waals surface area (Å²) in [6.07, 6.45) is 17.9. The number of Topliss-reactive ketones (excluding diaryl/α,β-unsaturated/α-hetero) is 1. The van der Waals surface area contributed by atoms with Gasteiger partial charge in [-0.1, -0.05) is 55.7 Å². The van der Waals surface area contributed by atoms with Crippen LogP contribution in [0.5, 0.6) is 0 Å². The van der Waals surface area contributed by atoms with Crippen LogP contribution >= 0.6 is 0 Å². The third kappa shape index (κ3) is 9.23. The highest BCUT2D eigenvalue weighted by atomic mass is 16.1. The predicted molar refractivity (Wildman–Crippen MR) is 147 cm³/mol. The summed E-state index contributed by atoms with van der Waals surface area (Å²) in [4.78, 5) is 35.6. The number of nitrogens with one attached hydrogen (secondary N) is 2. The zero-order valence-corrected chi connectivity index (χ0v) is 20.6. The van der Waals surface area contributed by atoms with Crippen molar-refractivity contribution >= 4 is 28.4 Å². The van der Waals surface area contributed by atoms with Crippen LogP contribution in [-0.4, -0.2) is 26.6 Å². The van der Waals surface area contributed by atoms with Crippen molar-refractivity contribution in [3.63, 3.8) is 0 Å². The normalized spacial score (nSPS) is 11.8. The van der Waals surface area contributed by atoms with E-state index in [1.807, 2.05) is 31.2 Å². The highest BCUT2D eigenvalue weighted by Gasteiger charge is 2.09. The molecule has 0 radical (unpaired) electrons. The number of amides is 1. The molecule has 0 bridgehead atoms. The number of aromatic nitrogens is 3. The van der Waals surface area contributed by atoms with Gasteiger partial charge in [-0.25, -0.2) is 4.98 Å². The second kappa shape index (κ2) is 14.5. The molecule has 0 aliphatic carbocycles. The number of hydrogen-bond donors (Lipinski definition) is 3. The molecule has 0 atom stereocenters. The highest BCUT2D eigenvalue weighted by Crippen LogP contribution is 2.16. The summed E-state index contributed by atoms with van der Waals surface area (Å²) in [5.41, 5.74) is 9.41. The molecule has 2 aromatic heterocycles. The molecule has 3 aromatic rings. The van der Waals surface area contributed by atoms with E-state index >= 15 is 0 Å². The molecule has 0 aliphatic rings. The molecule has 7 nitrogen and oxygen atoms in total. The lowest BCUT2D eigenvalue weighted by Gasteiger charge is -2.04. The number of carbonyl (C=O) groups excluding carboxylic acids is 2. The average molecular weight is 482 g/mol. The molecule has 2 heterocycles. The quantitative estimate of drug-likeness (QED) is 0.272. The molecule has 0 unspecified atom stereocenters. The topological polar surface area (TPSA) is 114 Å². The SMILES string of the molecule is C=C/C=C(\C=C/Cc1nc2ccc(C(=O)Nc3cccnc3)cc2[nH]1)C(C)=O.C=C/C=C\C=C(\C)N. The first-order valence-corrected chi connectivity index (χ1v) is 11.3. The molecule has 184 valence electrons. The van der Waals surface area contributed by atoms with Crippen LogP contribution in [0.2, 0.25) is 0 Å². The van der Waals surface area contributed by atoms with Crippen LogP contribution in [0.15, 0.2) is 116 Å². The molecule has 1 aromatic carbocycles. The molecule has 1 amide bonds. The van der Waals surface area contributed by atoms with Gasteiger partial charge in [0.15, 0.2) is 5.78 Å². The van der Waals surface area contributed by atoms with Crippen LogP contribution in [0.25, 0.3) is 11.0 Å². The molecule has 0 saturated heterocycles. The van der Waals surface area contributed by atoms with E-state index in [1.54, 1.807) is 67.0 Å². The van der Waals surface area contributed by atoms with Gasteiger partial charge in [-0.3, -0.25) is 14.6 Å². The maximum Gasteiger partial charge on any atom is 0.255 e. The molecule has 4 N–H and O–H groups in total. The number of H-pyrrole nitrogens is 1. The number of fused-ring (bicyclic) bond motifs is 1. The van der Waals surface area contributed by atoms with Crippen molar-refractivity contribution in [2.75, 3.05) is 5.32 Å². The van der Waals surface area contributed by atoms with Crippen molar-refractivity contribution in [1.29, 1.82) is 0 Å². The van der Waals surface area contributed by atoms with Crippen LogP contribution in [-0.2, 0) is 11.2 Å². The number of hydrogen-bond acceptors (Lipinski definition) is 5. The Labute approximate surface area is 211 Å². The fraction of sp³-hybridized carbons (Fsp3) is 0.103. The fourth-order valence-corrected chi connectivity index (χ4v) is 2.94. The lowest BCUT2D eigenvalue weighted by atomic mass is 10.1. The smallest absolute Gasteiger partial charge is 0.255 e. The Bertz CT molecular complexity index is 1320. The van der Waals surface area contributed by atoms with Gasteiger partial charge in [0.05, 0.1) is 22.9 Å². The summed E-state index contributed by atoms with van der Waals surface area (Å²) in [6.45, 7) is 10.5. The van der Waals surface area contributed by atoms with Crippen LogP contribution < -0.4 is 11.1 Å². The summed E-state index contributed by atoms with van der Waals surface area (Å²) in [6, 6.07) is 8.83. The minimum absolute atomic E-state index is 0.0231. The maximum absolute atomic E-state index is 12.4. The largest absolute Gasteiger partial charge is 0.402 e. The number of benzene rings is 1. The number of anilines is 1. The number of imidazole rings is 1. The van der Waals surface area contributed by atoms with E-state index in [-0.39, 0.29) is 11.7 Å². The lowest BCUT2D eigenvalue weighted by molar-refractivity contribution is -0.113. The van der Waals surface area contributed by atoms with Gasteiger partial charge in [0, 0.05) is 29.5 Å². The van der Waals surface area contributed by atoms with Crippen molar-refractivity contribution in [2.24, 2.45) is 5.73 Å². The number of nitrogens with zero attached hydrogens (tertiary/aromatic N) is 2. The van der Waals surface area contributed by atoms with E-state index in [0.717, 1.165) is 22.6 Å². The molecule has 3 rings (SSSR count). The number of nitrogens with two attached hydrogens (primary N) is 1. The van der Waals surface area contributed by atoms with E-state index in [0.29, 0.717) is 23.2 Å². The monoisotopic (exact) mass is 481 g/mol. The van der Waals surface area contributed by atoms with Gasteiger partial charge in [0.1, 0.15) is 5.82 Å². The Morgan fingerprint density at radius 3 is 2.56 bits per heavy atom. The second-order valence-corrected chi connectivity index (χ2v) is 7.66. The average Bonchev–Trinajstić information content (AvgIpc) is 3.26. The summed E-state index contributed by atoms with van der Waals surface area (Å²) in [5, 5.41) is 2.81. The minimum atomic E-state index is -0.216. The van der Waals surface area contributed by atoms with Crippen LogP contribution in [0.3, 0.4) is 0 Å². The number of carbonyl (C=O) groups is 2. The van der Waals surface area contributed by atoms with E-state index in [9.17, 15) is 9.59 Å². The molecular formula is C29H31N5O2. The third-order valence-electron chi connectivity index (χ3n) is 4.63. The second-order valence-electron chi connectivity index (χ2n) is 7.66. The van der Waals surface area contributed by atoms with E-state index in [2.05, 4.69) is 33.4 Å². The Morgan fingerprint density at radius 2 is 1.92 bits per heavy atom. The highest BCUT2D eigenvalue weighted by molar-refractivity contribution is 6.05. The van der Waals surface area contributed by atoms with Gasteiger partial charge in [-0.05, 0) is 50.3 Å². The van der Waals surface area contributed by atoms with Crippen molar-refractivity contribution in [1.82, 2.24) is 15.0 Å². The van der Waals surface area contributed by atoms with Crippen LogP contribution in [0.4, 0.5) is 5.69 Å². The summed E-state index contributed by atoms with van der Waals surface area (Å²) < 4.78 is 0. The third-order valence-corrected chi connectivity index (χ3v) is 4.63. The van der Waals surface area contributed by atoms with Crippen LogP contribution in [0.1, 0.15) is 30.0 Å². The number of ketones is 1. The van der Waals surface area contributed by atoms with Gasteiger partial charge < -0.3 is 16.0 Å². The van der Waals surface area contributed by atoms with Gasteiger partial charge in [0.2, 0.25) is 0 Å². The zero-order valence-electron chi connectivity index (χ0n) is 20.6. The first-order chi connectivity index (χ1) is 17.3. The molecule has 0 saturated carbocycles. The first kappa shape index (κ1) is 27.5. The van der Waals surface area contributed by atoms with Gasteiger partial charge >= 0.3 is 0 Å². The summed E-state index contributed by atoms with van der Waals surface area (Å²) >= 11 is 0. The molecule has 0 spiro atoms. The predicted octanol–water partition coefficient (Wildman–Crippen LogP) is 5.60. The number of rotatable bonds is 9. The Hall–Kier alpha value is -4.78. The lowest BCUT2D eigenvalue weighted by Crippen LogP contribution is -2.11.